The van der Waals surface area contributed by atoms with Crippen LogP contribution in [0.2, 0.25) is 0 Å². The number of hydrogen-bond donors (Lipinski definition) is 0. The monoisotopic (exact) mass is 377 g/mol. The van der Waals surface area contributed by atoms with Crippen molar-refractivity contribution in [3.05, 3.63) is 101 Å². The second-order valence-corrected chi connectivity index (χ2v) is 6.76. The molecule has 0 amide bonds. The van der Waals surface area contributed by atoms with Crippen molar-refractivity contribution in [1.29, 1.82) is 0 Å². The molecule has 0 aliphatic carbocycles. The van der Waals surface area contributed by atoms with Gasteiger partial charge in [0.15, 0.2) is 24.7 Å². The van der Waals surface area contributed by atoms with E-state index in [-0.39, 0.29) is 24.1 Å². The number of rotatable bonds is 6. The van der Waals surface area contributed by atoms with E-state index in [9.17, 15) is 4.79 Å². The average Bonchev–Trinajstić information content (AvgIpc) is 2.68. The van der Waals surface area contributed by atoms with Crippen LogP contribution in [0.5, 0.6) is 0 Å². The van der Waals surface area contributed by atoms with Crippen molar-refractivity contribution in [2.75, 3.05) is 0 Å². The first-order valence-electron chi connectivity index (χ1n) is 8.97. The summed E-state index contributed by atoms with van der Waals surface area (Å²) in [5, 5.41) is 0. The number of pyridine rings is 1. The van der Waals surface area contributed by atoms with E-state index in [1.54, 1.807) is 0 Å². The van der Waals surface area contributed by atoms with Crippen LogP contribution in [0.1, 0.15) is 40.9 Å². The van der Waals surface area contributed by atoms with Gasteiger partial charge in [-0.1, -0.05) is 80.6 Å². The number of hydrogen-bond acceptors (Lipinski definition) is 1. The van der Waals surface area contributed by atoms with Gasteiger partial charge in [0.25, 0.3) is 0 Å². The lowest BCUT2D eigenvalue weighted by Crippen LogP contribution is -3.00. The Bertz CT molecular complexity index is 882. The molecule has 0 bridgehead atoms. The molecular formula is C24H24ClNO. The van der Waals surface area contributed by atoms with Crippen LogP contribution < -0.4 is 17.0 Å². The molecule has 138 valence electrons. The Morgan fingerprint density at radius 1 is 0.852 bits per heavy atom. The van der Waals surface area contributed by atoms with Crippen molar-refractivity contribution in [3.8, 4) is 0 Å². The first-order valence-corrected chi connectivity index (χ1v) is 8.97. The molecule has 2 nitrogen and oxygen atoms in total. The van der Waals surface area contributed by atoms with Gasteiger partial charge in [0.05, 0.1) is 0 Å². The highest BCUT2D eigenvalue weighted by molar-refractivity contribution is 5.97. The second kappa shape index (κ2) is 9.84. The molecule has 0 spiro atoms. The van der Waals surface area contributed by atoms with Crippen molar-refractivity contribution >= 4 is 17.9 Å². The molecule has 3 aromatic rings. The van der Waals surface area contributed by atoms with E-state index in [0.29, 0.717) is 0 Å². The molecule has 1 aromatic heterocycles. The number of Topliss-reactive ketones (excluding diaryl/α,β-unsaturated/α-hetero) is 1. The first kappa shape index (κ1) is 20.6. The summed E-state index contributed by atoms with van der Waals surface area (Å²) in [5.41, 5.74) is 4.30. The standard InChI is InChI=1S/C24H24NO.ClH/c1-19(2)24(26)23-12-10-20(11-13-23)8-9-21-14-16-25(17-15-21)18-22-6-4-3-5-7-22;/h3-17,19H,18H2,1-2H3;1H/q+1;/p-1. The van der Waals surface area contributed by atoms with Crippen LogP contribution in [0.25, 0.3) is 12.2 Å². The highest BCUT2D eigenvalue weighted by Crippen LogP contribution is 2.12. The molecule has 0 radical (unpaired) electrons. The summed E-state index contributed by atoms with van der Waals surface area (Å²) >= 11 is 0. The lowest BCUT2D eigenvalue weighted by Gasteiger charge is -2.04. The number of ketones is 1. The number of benzene rings is 2. The Kier molecular flexibility index (Phi) is 7.51. The van der Waals surface area contributed by atoms with E-state index >= 15 is 0 Å². The Balaban J connectivity index is 0.00000261. The number of nitrogens with zero attached hydrogens (tertiary/aromatic N) is 1. The van der Waals surface area contributed by atoms with Gasteiger partial charge in [-0.3, -0.25) is 4.79 Å². The molecule has 0 fully saturated rings. The van der Waals surface area contributed by atoms with Crippen LogP contribution in [-0.4, -0.2) is 5.78 Å². The molecule has 0 unspecified atom stereocenters. The molecule has 1 heterocycles. The van der Waals surface area contributed by atoms with Crippen LogP contribution in [0.4, 0.5) is 0 Å². The van der Waals surface area contributed by atoms with Crippen molar-refractivity contribution in [2.24, 2.45) is 5.92 Å². The van der Waals surface area contributed by atoms with E-state index in [2.05, 4.69) is 65.5 Å². The summed E-state index contributed by atoms with van der Waals surface area (Å²) in [4.78, 5) is 12.0. The minimum atomic E-state index is 0. The zero-order valence-corrected chi connectivity index (χ0v) is 16.4. The summed E-state index contributed by atoms with van der Waals surface area (Å²) < 4.78 is 2.17. The molecule has 0 atom stereocenters. The Morgan fingerprint density at radius 3 is 1.96 bits per heavy atom. The van der Waals surface area contributed by atoms with Gasteiger partial charge < -0.3 is 12.4 Å². The number of halogens is 1. The van der Waals surface area contributed by atoms with Crippen molar-refractivity contribution in [1.82, 2.24) is 0 Å². The Hall–Kier alpha value is -2.71. The van der Waals surface area contributed by atoms with Gasteiger partial charge in [-0.05, 0) is 11.1 Å². The van der Waals surface area contributed by atoms with Gasteiger partial charge in [-0.2, -0.15) is 0 Å². The minimum Gasteiger partial charge on any atom is -1.00 e. The molecule has 3 heteroatoms. The third kappa shape index (κ3) is 5.90. The average molecular weight is 378 g/mol. The largest absolute Gasteiger partial charge is 1.00 e. The van der Waals surface area contributed by atoms with Crippen LogP contribution >= 0.6 is 0 Å². The zero-order chi connectivity index (χ0) is 18.4. The molecule has 0 aliphatic heterocycles. The van der Waals surface area contributed by atoms with Crippen LogP contribution in [-0.2, 0) is 6.54 Å². The van der Waals surface area contributed by atoms with E-state index < -0.39 is 0 Å². The summed E-state index contributed by atoms with van der Waals surface area (Å²) in [7, 11) is 0. The van der Waals surface area contributed by atoms with E-state index in [1.165, 1.54) is 5.56 Å². The van der Waals surface area contributed by atoms with Crippen LogP contribution in [0.3, 0.4) is 0 Å². The third-order valence-corrected chi connectivity index (χ3v) is 4.31. The summed E-state index contributed by atoms with van der Waals surface area (Å²) in [6.07, 6.45) is 8.35. The maximum atomic E-state index is 12.0. The van der Waals surface area contributed by atoms with Crippen molar-refractivity contribution in [2.45, 2.75) is 20.4 Å². The highest BCUT2D eigenvalue weighted by Gasteiger charge is 2.09. The predicted octanol–water partition coefficient (Wildman–Crippen LogP) is 2.04. The highest BCUT2D eigenvalue weighted by atomic mass is 35.5. The summed E-state index contributed by atoms with van der Waals surface area (Å²) in [6.45, 7) is 4.72. The maximum absolute atomic E-state index is 12.0. The van der Waals surface area contributed by atoms with Crippen molar-refractivity contribution < 1.29 is 21.8 Å². The number of aromatic nitrogens is 1. The second-order valence-electron chi connectivity index (χ2n) is 6.76. The van der Waals surface area contributed by atoms with Crippen molar-refractivity contribution in [3.63, 3.8) is 0 Å². The molecular weight excluding hydrogens is 354 g/mol. The lowest BCUT2D eigenvalue weighted by atomic mass is 10.00. The van der Waals surface area contributed by atoms with Gasteiger partial charge >= 0.3 is 0 Å². The number of carbonyl (C=O) groups excluding carboxylic acids is 1. The molecule has 2 aromatic carbocycles. The fourth-order valence-corrected chi connectivity index (χ4v) is 2.76. The lowest BCUT2D eigenvalue weighted by molar-refractivity contribution is -0.688. The fraction of sp³-hybridized carbons (Fsp3) is 0.167. The van der Waals surface area contributed by atoms with E-state index in [0.717, 1.165) is 23.2 Å². The topological polar surface area (TPSA) is 20.9 Å². The Morgan fingerprint density at radius 2 is 1.41 bits per heavy atom. The van der Waals surface area contributed by atoms with Crippen LogP contribution in [0.15, 0.2) is 79.1 Å². The Labute approximate surface area is 167 Å². The van der Waals surface area contributed by atoms with Gasteiger partial charge in [0.2, 0.25) is 0 Å². The quantitative estimate of drug-likeness (QED) is 0.475. The number of carbonyl (C=O) groups is 1. The van der Waals surface area contributed by atoms with E-state index in [1.807, 2.05) is 44.2 Å². The first-order chi connectivity index (χ1) is 12.6. The molecule has 27 heavy (non-hydrogen) atoms. The molecule has 0 saturated heterocycles. The SMILES string of the molecule is CC(C)C(=O)c1ccc(C=Cc2cc[n+](Cc3ccccc3)cc2)cc1.[Cl-]. The predicted molar refractivity (Wildman–Crippen MR) is 107 cm³/mol. The van der Waals surface area contributed by atoms with E-state index in [4.69, 9.17) is 0 Å². The van der Waals surface area contributed by atoms with Gasteiger partial charge in [0.1, 0.15) is 0 Å². The normalized spacial score (nSPS) is 10.8. The fourth-order valence-electron chi connectivity index (χ4n) is 2.76. The van der Waals surface area contributed by atoms with Gasteiger partial charge in [0, 0.05) is 29.2 Å². The summed E-state index contributed by atoms with van der Waals surface area (Å²) in [6, 6.07) is 22.4. The van der Waals surface area contributed by atoms with Gasteiger partial charge in [-0.15, -0.1) is 0 Å². The van der Waals surface area contributed by atoms with Crippen LogP contribution in [0, 0.1) is 5.92 Å². The third-order valence-electron chi connectivity index (χ3n) is 4.31. The molecule has 0 N–H and O–H groups in total. The molecule has 0 aliphatic rings. The maximum Gasteiger partial charge on any atom is 0.173 e. The zero-order valence-electron chi connectivity index (χ0n) is 15.7. The minimum absolute atomic E-state index is 0. The summed E-state index contributed by atoms with van der Waals surface area (Å²) in [5.74, 6) is 0.217. The smallest absolute Gasteiger partial charge is 0.173 e. The molecule has 3 rings (SSSR count). The molecule has 0 saturated carbocycles. The van der Waals surface area contributed by atoms with Gasteiger partial charge in [-0.25, -0.2) is 4.57 Å².